The Bertz CT molecular complexity index is 831. The quantitative estimate of drug-likeness (QED) is 0.840. The maximum Gasteiger partial charge on any atom is 0.226 e. The number of aromatic nitrogens is 2. The van der Waals surface area contributed by atoms with Crippen molar-refractivity contribution in [3.8, 4) is 11.4 Å². The van der Waals surface area contributed by atoms with Crippen molar-refractivity contribution in [1.82, 2.24) is 14.9 Å². The van der Waals surface area contributed by atoms with Crippen LogP contribution < -0.4 is 0 Å². The lowest BCUT2D eigenvalue weighted by Crippen LogP contribution is -2.46. The number of amides is 1. The summed E-state index contributed by atoms with van der Waals surface area (Å²) < 4.78 is 13.1. The van der Waals surface area contributed by atoms with Gasteiger partial charge in [-0.25, -0.2) is 14.4 Å². The summed E-state index contributed by atoms with van der Waals surface area (Å²) in [5, 5.41) is 0. The van der Waals surface area contributed by atoms with Crippen LogP contribution in [0, 0.1) is 11.7 Å². The first-order valence-electron chi connectivity index (χ1n) is 9.14. The highest BCUT2D eigenvalue weighted by Gasteiger charge is 2.45. The Morgan fingerprint density at radius 1 is 1.12 bits per heavy atom. The molecular weight excluding hydrogens is 317 g/mol. The molecule has 1 saturated carbocycles. The smallest absolute Gasteiger partial charge is 0.226 e. The normalized spacial score (nSPS) is 24.8. The van der Waals surface area contributed by atoms with Crippen molar-refractivity contribution < 1.29 is 9.18 Å². The minimum absolute atomic E-state index is 0.143. The zero-order valence-electron chi connectivity index (χ0n) is 14.0. The number of hydrogen-bond acceptors (Lipinski definition) is 3. The van der Waals surface area contributed by atoms with E-state index in [1.165, 1.54) is 18.6 Å². The van der Waals surface area contributed by atoms with Crippen LogP contribution in [0.4, 0.5) is 4.39 Å². The molecule has 1 saturated heterocycles. The van der Waals surface area contributed by atoms with Crippen LogP contribution in [-0.2, 0) is 11.2 Å². The van der Waals surface area contributed by atoms with Gasteiger partial charge in [0.05, 0.1) is 11.7 Å². The van der Waals surface area contributed by atoms with Gasteiger partial charge in [-0.05, 0) is 49.9 Å². The van der Waals surface area contributed by atoms with Crippen LogP contribution in [0.5, 0.6) is 0 Å². The zero-order chi connectivity index (χ0) is 17.0. The fourth-order valence-electron chi connectivity index (χ4n) is 4.42. The molecule has 4 nitrogen and oxygen atoms in total. The molecule has 0 spiro atoms. The first-order valence-corrected chi connectivity index (χ1v) is 9.14. The molecule has 1 aromatic carbocycles. The van der Waals surface area contributed by atoms with Gasteiger partial charge >= 0.3 is 0 Å². The third kappa shape index (κ3) is 2.36. The summed E-state index contributed by atoms with van der Waals surface area (Å²) >= 11 is 0. The topological polar surface area (TPSA) is 46.1 Å². The van der Waals surface area contributed by atoms with Crippen LogP contribution in [-0.4, -0.2) is 26.8 Å². The molecule has 5 rings (SSSR count). The predicted octanol–water partition coefficient (Wildman–Crippen LogP) is 3.67. The van der Waals surface area contributed by atoms with Gasteiger partial charge in [0.15, 0.2) is 5.82 Å². The maximum atomic E-state index is 13.1. The Morgan fingerprint density at radius 3 is 2.64 bits per heavy atom. The molecule has 2 aliphatic heterocycles. The molecule has 25 heavy (non-hydrogen) atoms. The van der Waals surface area contributed by atoms with Crippen molar-refractivity contribution >= 4 is 5.91 Å². The van der Waals surface area contributed by atoms with Crippen molar-refractivity contribution in [2.24, 2.45) is 5.92 Å². The van der Waals surface area contributed by atoms with E-state index in [0.29, 0.717) is 11.7 Å². The van der Waals surface area contributed by atoms with Gasteiger partial charge in [-0.15, -0.1) is 0 Å². The average Bonchev–Trinajstić information content (AvgIpc) is 2.89. The van der Waals surface area contributed by atoms with E-state index in [1.807, 2.05) is 6.20 Å². The molecular formula is C20H20FN3O. The molecule has 3 heterocycles. The minimum Gasteiger partial charge on any atom is -0.332 e. The van der Waals surface area contributed by atoms with Crippen LogP contribution >= 0.6 is 0 Å². The van der Waals surface area contributed by atoms with Crippen LogP contribution in [0.15, 0.2) is 30.5 Å². The third-order valence-electron chi connectivity index (χ3n) is 6.00. The molecule has 1 amide bonds. The third-order valence-corrected chi connectivity index (χ3v) is 6.00. The van der Waals surface area contributed by atoms with Crippen LogP contribution in [0.3, 0.4) is 0 Å². The Labute approximate surface area is 146 Å². The molecule has 2 bridgehead atoms. The van der Waals surface area contributed by atoms with E-state index in [-0.39, 0.29) is 23.8 Å². The molecule has 2 fully saturated rings. The van der Waals surface area contributed by atoms with Gasteiger partial charge in [-0.1, -0.05) is 6.42 Å². The molecule has 0 unspecified atom stereocenters. The van der Waals surface area contributed by atoms with Crippen molar-refractivity contribution in [2.45, 2.75) is 50.6 Å². The van der Waals surface area contributed by atoms with Crippen molar-refractivity contribution in [3.05, 3.63) is 47.5 Å². The molecule has 1 aromatic heterocycles. The predicted molar refractivity (Wildman–Crippen MR) is 91.1 cm³/mol. The number of nitrogens with zero attached hydrogens (tertiary/aromatic N) is 3. The fraction of sp³-hybridized carbons (Fsp3) is 0.450. The second kappa shape index (κ2) is 5.61. The van der Waals surface area contributed by atoms with E-state index in [0.717, 1.165) is 48.9 Å². The molecule has 5 heteroatoms. The minimum atomic E-state index is -0.259. The summed E-state index contributed by atoms with van der Waals surface area (Å²) in [5.41, 5.74) is 2.98. The fourth-order valence-corrected chi connectivity index (χ4v) is 4.42. The van der Waals surface area contributed by atoms with Gasteiger partial charge in [0.1, 0.15) is 5.82 Å². The average molecular weight is 337 g/mol. The lowest BCUT2D eigenvalue weighted by Gasteiger charge is -2.39. The van der Waals surface area contributed by atoms with E-state index < -0.39 is 0 Å². The van der Waals surface area contributed by atoms with Gasteiger partial charge in [0, 0.05) is 35.7 Å². The summed E-state index contributed by atoms with van der Waals surface area (Å²) in [6.45, 7) is 0. The first-order chi connectivity index (χ1) is 12.2. The molecule has 1 aliphatic carbocycles. The summed E-state index contributed by atoms with van der Waals surface area (Å²) in [4.78, 5) is 24.2. The number of halogens is 1. The van der Waals surface area contributed by atoms with Crippen LogP contribution in [0.1, 0.15) is 49.4 Å². The van der Waals surface area contributed by atoms with E-state index >= 15 is 0 Å². The lowest BCUT2D eigenvalue weighted by molar-refractivity contribution is -0.141. The Balaban J connectivity index is 1.47. The monoisotopic (exact) mass is 337 g/mol. The van der Waals surface area contributed by atoms with Gasteiger partial charge in [0.2, 0.25) is 5.91 Å². The van der Waals surface area contributed by atoms with Crippen LogP contribution in [0.25, 0.3) is 11.4 Å². The van der Waals surface area contributed by atoms with Crippen molar-refractivity contribution in [2.75, 3.05) is 0 Å². The molecule has 2 aromatic rings. The molecule has 2 atom stereocenters. The molecule has 3 aliphatic rings. The van der Waals surface area contributed by atoms with E-state index in [4.69, 9.17) is 4.98 Å². The molecule has 128 valence electrons. The largest absolute Gasteiger partial charge is 0.332 e. The SMILES string of the molecule is O=C(C1CCC1)N1[C@H]2CC[C@@H]1c1cnc(-c3ccc(F)cc3)nc1C2. The van der Waals surface area contributed by atoms with Crippen molar-refractivity contribution in [3.63, 3.8) is 0 Å². The summed E-state index contributed by atoms with van der Waals surface area (Å²) in [6, 6.07) is 6.70. The lowest BCUT2D eigenvalue weighted by atomic mass is 9.83. The number of fused-ring (bicyclic) bond motifs is 4. The van der Waals surface area contributed by atoms with E-state index in [1.54, 1.807) is 12.1 Å². The number of rotatable bonds is 2. The Hall–Kier alpha value is -2.30. The van der Waals surface area contributed by atoms with Crippen molar-refractivity contribution in [1.29, 1.82) is 0 Å². The molecule has 0 N–H and O–H groups in total. The second-order valence-electron chi connectivity index (χ2n) is 7.43. The zero-order valence-corrected chi connectivity index (χ0v) is 14.0. The highest BCUT2D eigenvalue weighted by Crippen LogP contribution is 2.45. The Morgan fingerprint density at radius 2 is 1.92 bits per heavy atom. The standard InChI is InChI=1S/C20H20FN3O/c21-14-6-4-12(5-7-14)19-22-11-16-17(23-19)10-15-8-9-18(16)24(15)20(25)13-2-1-3-13/h4-7,11,13,15,18H,1-3,8-10H2/t15-,18+/m0/s1. The highest BCUT2D eigenvalue weighted by molar-refractivity contribution is 5.81. The van der Waals surface area contributed by atoms with E-state index in [9.17, 15) is 9.18 Å². The number of hydrogen-bond donors (Lipinski definition) is 0. The van der Waals surface area contributed by atoms with Gasteiger partial charge in [0.25, 0.3) is 0 Å². The van der Waals surface area contributed by atoms with Gasteiger partial charge < -0.3 is 4.90 Å². The highest BCUT2D eigenvalue weighted by atomic mass is 19.1. The second-order valence-corrected chi connectivity index (χ2v) is 7.43. The summed E-state index contributed by atoms with van der Waals surface area (Å²) in [6.07, 6.45) is 8.01. The van der Waals surface area contributed by atoms with Gasteiger partial charge in [-0.2, -0.15) is 0 Å². The molecule has 0 radical (unpaired) electrons. The Kier molecular flexibility index (Phi) is 3.37. The van der Waals surface area contributed by atoms with Gasteiger partial charge in [-0.3, -0.25) is 4.79 Å². The maximum absolute atomic E-state index is 13.1. The first kappa shape index (κ1) is 15.0. The summed E-state index contributed by atoms with van der Waals surface area (Å²) in [7, 11) is 0. The number of carbonyl (C=O) groups is 1. The number of carbonyl (C=O) groups excluding carboxylic acids is 1. The van der Waals surface area contributed by atoms with E-state index in [2.05, 4.69) is 9.88 Å². The van der Waals surface area contributed by atoms with Crippen LogP contribution in [0.2, 0.25) is 0 Å². The summed E-state index contributed by atoms with van der Waals surface area (Å²) in [5.74, 6) is 0.956. The number of benzene rings is 1.